The van der Waals surface area contributed by atoms with Crippen molar-refractivity contribution in [3.05, 3.63) is 47.9 Å². The maximum Gasteiger partial charge on any atom is 0.272 e. The number of hydrogen-bond donors (Lipinski definition) is 1. The van der Waals surface area contributed by atoms with Crippen molar-refractivity contribution in [2.75, 3.05) is 18.4 Å². The average molecular weight is 326 g/mol. The first-order chi connectivity index (χ1) is 11.7. The normalized spacial score (nSPS) is 10.5. The number of aromatic nitrogens is 2. The summed E-state index contributed by atoms with van der Waals surface area (Å²) in [5, 5.41) is 3.30. The summed E-state index contributed by atoms with van der Waals surface area (Å²) in [6.07, 6.45) is 4.25. The van der Waals surface area contributed by atoms with E-state index < -0.39 is 0 Å². The number of hydrogen-bond acceptors (Lipinski definition) is 4. The van der Waals surface area contributed by atoms with Gasteiger partial charge < -0.3 is 10.2 Å². The first-order valence-corrected chi connectivity index (χ1v) is 8.65. The fraction of sp³-hybridized carbons (Fsp3) is 0.421. The molecule has 0 saturated heterocycles. The van der Waals surface area contributed by atoms with Crippen LogP contribution in [0.5, 0.6) is 0 Å². The van der Waals surface area contributed by atoms with E-state index in [0.29, 0.717) is 11.5 Å². The zero-order valence-corrected chi connectivity index (χ0v) is 14.7. The van der Waals surface area contributed by atoms with E-state index in [1.807, 2.05) is 23.1 Å². The Bertz CT molecular complexity index is 666. The van der Waals surface area contributed by atoms with Gasteiger partial charge in [-0.1, -0.05) is 39.0 Å². The Morgan fingerprint density at radius 3 is 2.46 bits per heavy atom. The van der Waals surface area contributed by atoms with Crippen LogP contribution in [0.1, 0.15) is 49.7 Å². The van der Waals surface area contributed by atoms with Gasteiger partial charge in [-0.3, -0.25) is 4.79 Å². The Labute approximate surface area is 144 Å². The van der Waals surface area contributed by atoms with Crippen LogP contribution in [0.2, 0.25) is 0 Å². The highest BCUT2D eigenvalue weighted by Crippen LogP contribution is 2.20. The van der Waals surface area contributed by atoms with E-state index in [9.17, 15) is 4.79 Å². The van der Waals surface area contributed by atoms with Gasteiger partial charge in [0.25, 0.3) is 5.91 Å². The zero-order valence-electron chi connectivity index (χ0n) is 14.7. The third kappa shape index (κ3) is 4.54. The molecule has 0 aliphatic heterocycles. The molecule has 5 heteroatoms. The van der Waals surface area contributed by atoms with Crippen molar-refractivity contribution in [1.29, 1.82) is 0 Å². The summed E-state index contributed by atoms with van der Waals surface area (Å²) in [5.41, 5.74) is 2.65. The summed E-state index contributed by atoms with van der Waals surface area (Å²) in [6.45, 7) is 7.76. The number of carbonyl (C=O) groups is 1. The van der Waals surface area contributed by atoms with E-state index in [1.54, 1.807) is 6.07 Å². The van der Waals surface area contributed by atoms with Crippen LogP contribution in [-0.2, 0) is 6.42 Å². The van der Waals surface area contributed by atoms with Crippen molar-refractivity contribution in [3.8, 4) is 0 Å². The lowest BCUT2D eigenvalue weighted by atomic mass is 10.1. The molecule has 0 fully saturated rings. The van der Waals surface area contributed by atoms with Crippen LogP contribution >= 0.6 is 0 Å². The molecule has 5 nitrogen and oxygen atoms in total. The molecule has 0 atom stereocenters. The molecule has 0 unspecified atom stereocenters. The van der Waals surface area contributed by atoms with E-state index >= 15 is 0 Å². The lowest BCUT2D eigenvalue weighted by Crippen LogP contribution is -2.33. The predicted molar refractivity (Wildman–Crippen MR) is 97.6 cm³/mol. The van der Waals surface area contributed by atoms with Crippen molar-refractivity contribution >= 4 is 17.4 Å². The van der Waals surface area contributed by atoms with E-state index in [2.05, 4.69) is 42.1 Å². The van der Waals surface area contributed by atoms with Gasteiger partial charge in [-0.05, 0) is 30.9 Å². The number of carbonyl (C=O) groups excluding carboxylic acids is 1. The molecule has 128 valence electrons. The van der Waals surface area contributed by atoms with Gasteiger partial charge in [0.15, 0.2) is 0 Å². The van der Waals surface area contributed by atoms with Gasteiger partial charge in [0.05, 0.1) is 0 Å². The van der Waals surface area contributed by atoms with Crippen LogP contribution in [0.15, 0.2) is 36.7 Å². The highest BCUT2D eigenvalue weighted by molar-refractivity contribution is 5.93. The topological polar surface area (TPSA) is 58.1 Å². The summed E-state index contributed by atoms with van der Waals surface area (Å²) in [7, 11) is 0. The second-order valence-corrected chi connectivity index (χ2v) is 5.72. The lowest BCUT2D eigenvalue weighted by Gasteiger charge is -2.21. The van der Waals surface area contributed by atoms with E-state index in [1.165, 1.54) is 11.9 Å². The second-order valence-electron chi connectivity index (χ2n) is 5.72. The number of nitrogens with zero attached hydrogens (tertiary/aromatic N) is 3. The number of benzene rings is 1. The van der Waals surface area contributed by atoms with Crippen LogP contribution in [-0.4, -0.2) is 33.9 Å². The SMILES string of the molecule is CCCN(CCC)C(=O)c1cc(Nc2ccccc2CC)ncn1. The number of rotatable bonds is 8. The van der Waals surface area contributed by atoms with E-state index in [0.717, 1.165) is 38.0 Å². The second kappa shape index (κ2) is 9.01. The van der Waals surface area contributed by atoms with Crippen LogP contribution in [0.4, 0.5) is 11.5 Å². The summed E-state index contributed by atoms with van der Waals surface area (Å²) >= 11 is 0. The van der Waals surface area contributed by atoms with Crippen molar-refractivity contribution in [1.82, 2.24) is 14.9 Å². The van der Waals surface area contributed by atoms with Crippen LogP contribution in [0.3, 0.4) is 0 Å². The maximum atomic E-state index is 12.7. The number of para-hydroxylation sites is 1. The summed E-state index contributed by atoms with van der Waals surface area (Å²) in [6, 6.07) is 9.83. The van der Waals surface area contributed by atoms with Crippen LogP contribution in [0, 0.1) is 0 Å². The molecule has 24 heavy (non-hydrogen) atoms. The molecular formula is C19H26N4O. The Kier molecular flexibility index (Phi) is 6.73. The quantitative estimate of drug-likeness (QED) is 0.795. The molecule has 1 aromatic carbocycles. The number of aryl methyl sites for hydroxylation is 1. The van der Waals surface area contributed by atoms with E-state index in [4.69, 9.17) is 0 Å². The molecule has 1 N–H and O–H groups in total. The largest absolute Gasteiger partial charge is 0.340 e. The van der Waals surface area contributed by atoms with Crippen LogP contribution < -0.4 is 5.32 Å². The Morgan fingerprint density at radius 2 is 1.79 bits per heavy atom. The van der Waals surface area contributed by atoms with Gasteiger partial charge in [-0.15, -0.1) is 0 Å². The third-order valence-corrected chi connectivity index (χ3v) is 3.82. The number of nitrogens with one attached hydrogen (secondary N) is 1. The van der Waals surface area contributed by atoms with E-state index in [-0.39, 0.29) is 5.91 Å². The third-order valence-electron chi connectivity index (χ3n) is 3.82. The van der Waals surface area contributed by atoms with Crippen LogP contribution in [0.25, 0.3) is 0 Å². The predicted octanol–water partition coefficient (Wildman–Crippen LogP) is 4.04. The molecule has 1 amide bonds. The first-order valence-electron chi connectivity index (χ1n) is 8.65. The lowest BCUT2D eigenvalue weighted by molar-refractivity contribution is 0.0749. The first kappa shape index (κ1) is 17.9. The highest BCUT2D eigenvalue weighted by atomic mass is 16.2. The molecule has 0 aliphatic carbocycles. The van der Waals surface area contributed by atoms with Gasteiger partial charge in [0, 0.05) is 24.8 Å². The minimum atomic E-state index is -0.0343. The smallest absolute Gasteiger partial charge is 0.272 e. The molecule has 2 aromatic rings. The minimum Gasteiger partial charge on any atom is -0.340 e. The standard InChI is InChI=1S/C19H26N4O/c1-4-11-23(12-5-2)19(24)17-13-18(21-14-20-17)22-16-10-8-7-9-15(16)6-3/h7-10,13-14H,4-6,11-12H2,1-3H3,(H,20,21,22). The van der Waals surface area contributed by atoms with Gasteiger partial charge in [0.1, 0.15) is 17.8 Å². The molecule has 1 aromatic heterocycles. The fourth-order valence-electron chi connectivity index (χ4n) is 2.65. The van der Waals surface area contributed by atoms with Gasteiger partial charge in [-0.25, -0.2) is 9.97 Å². The molecular weight excluding hydrogens is 300 g/mol. The average Bonchev–Trinajstić information content (AvgIpc) is 2.61. The van der Waals surface area contributed by atoms with Gasteiger partial charge in [-0.2, -0.15) is 0 Å². The number of anilines is 2. The summed E-state index contributed by atoms with van der Waals surface area (Å²) in [5.74, 6) is 0.607. The molecule has 2 rings (SSSR count). The Hall–Kier alpha value is -2.43. The summed E-state index contributed by atoms with van der Waals surface area (Å²) in [4.78, 5) is 22.9. The Morgan fingerprint density at radius 1 is 1.08 bits per heavy atom. The molecule has 0 bridgehead atoms. The monoisotopic (exact) mass is 326 g/mol. The number of amides is 1. The fourth-order valence-corrected chi connectivity index (χ4v) is 2.65. The van der Waals surface area contributed by atoms with Crippen molar-refractivity contribution in [2.24, 2.45) is 0 Å². The zero-order chi connectivity index (χ0) is 17.4. The molecule has 1 heterocycles. The maximum absolute atomic E-state index is 12.7. The van der Waals surface area contributed by atoms with Gasteiger partial charge in [0.2, 0.25) is 0 Å². The summed E-state index contributed by atoms with van der Waals surface area (Å²) < 4.78 is 0. The van der Waals surface area contributed by atoms with Crippen molar-refractivity contribution in [2.45, 2.75) is 40.0 Å². The Balaban J connectivity index is 2.20. The van der Waals surface area contributed by atoms with Crippen molar-refractivity contribution in [3.63, 3.8) is 0 Å². The molecule has 0 spiro atoms. The van der Waals surface area contributed by atoms with Crippen molar-refractivity contribution < 1.29 is 4.79 Å². The molecule has 0 aliphatic rings. The highest BCUT2D eigenvalue weighted by Gasteiger charge is 2.16. The molecule has 0 radical (unpaired) electrons. The minimum absolute atomic E-state index is 0.0343. The van der Waals surface area contributed by atoms with Gasteiger partial charge >= 0.3 is 0 Å². The molecule has 0 saturated carbocycles.